The average Bonchev–Trinajstić information content (AvgIpc) is 3.40. The number of allylic oxidation sites excluding steroid dienone is 4. The van der Waals surface area contributed by atoms with Gasteiger partial charge in [-0.1, -0.05) is 82.4 Å². The van der Waals surface area contributed by atoms with Gasteiger partial charge in [-0.25, -0.2) is 9.59 Å². The molecule has 0 aromatic carbocycles. The Labute approximate surface area is 290 Å². The Bertz CT molecular complexity index is 1280. The molecule has 0 aliphatic carbocycles. The van der Waals surface area contributed by atoms with E-state index in [1.165, 1.54) is 6.08 Å². The quantitative estimate of drug-likeness (QED) is 0.0452. The first-order chi connectivity index (χ1) is 23.1. The standard InChI is InChI=1S/C38H56O11/c1-6-7-8-9-21-37(32(16-12-27(3)25-35(44)45)47-36(46)19-18-34(42)43)23-24-38(49-37)22-20-29(5)31(48-38)15-11-26(2)10-14-30(39)28(4)13-17-33(40)41/h10-14,16-17,25,28-32,39H,6-9,15,18-24H2,1-5H3,(H,40,41)(H,42,43)(H,44,45). The molecule has 11 nitrogen and oxygen atoms in total. The van der Waals surface area contributed by atoms with Crippen LogP contribution in [-0.4, -0.2) is 74.0 Å². The van der Waals surface area contributed by atoms with Crippen molar-refractivity contribution in [3.63, 3.8) is 0 Å². The molecule has 2 rings (SSSR count). The molecule has 4 N–H and O–H groups in total. The fourth-order valence-corrected chi connectivity index (χ4v) is 6.23. The summed E-state index contributed by atoms with van der Waals surface area (Å²) in [4.78, 5) is 46.1. The number of ether oxygens (including phenoxy) is 3. The lowest BCUT2D eigenvalue weighted by atomic mass is 9.85. The normalized spacial score (nSPS) is 26.8. The summed E-state index contributed by atoms with van der Waals surface area (Å²) in [6, 6.07) is 0. The van der Waals surface area contributed by atoms with E-state index in [2.05, 4.69) is 13.8 Å². The van der Waals surface area contributed by atoms with Crippen LogP contribution in [0.25, 0.3) is 0 Å². The summed E-state index contributed by atoms with van der Waals surface area (Å²) in [5.41, 5.74) is 0.421. The number of aliphatic hydroxyl groups excluding tert-OH is 1. The molecule has 0 aromatic rings. The number of aliphatic carboxylic acids is 3. The predicted octanol–water partition coefficient (Wildman–Crippen LogP) is 6.91. The summed E-state index contributed by atoms with van der Waals surface area (Å²) in [6.45, 7) is 9.56. The zero-order chi connectivity index (χ0) is 36.6. The SMILES string of the molecule is CCCCCCC1(C(C=CC(C)=CC(=O)O)OC(=O)CCC(=O)O)CCC2(CCC(C)C(CC=C(C)C=CC(O)C(C)C=CC(=O)O)O2)O1. The molecule has 7 unspecified atom stereocenters. The maximum Gasteiger partial charge on any atom is 0.328 e. The fourth-order valence-electron chi connectivity index (χ4n) is 6.23. The van der Waals surface area contributed by atoms with Crippen LogP contribution in [0.1, 0.15) is 112 Å². The Morgan fingerprint density at radius 2 is 1.61 bits per heavy atom. The molecule has 2 heterocycles. The number of carboxylic acid groups (broad SMARTS) is 3. The second-order valence-corrected chi connectivity index (χ2v) is 13.5. The van der Waals surface area contributed by atoms with E-state index in [0.29, 0.717) is 37.7 Å². The van der Waals surface area contributed by atoms with Gasteiger partial charge in [-0.05, 0) is 57.1 Å². The monoisotopic (exact) mass is 688 g/mol. The number of hydrogen-bond donors (Lipinski definition) is 4. The van der Waals surface area contributed by atoms with Crippen molar-refractivity contribution in [2.24, 2.45) is 11.8 Å². The first kappa shape index (κ1) is 41.6. The molecular weight excluding hydrogens is 632 g/mol. The van der Waals surface area contributed by atoms with Crippen molar-refractivity contribution in [2.75, 3.05) is 0 Å². The van der Waals surface area contributed by atoms with Crippen LogP contribution in [0.4, 0.5) is 0 Å². The molecule has 0 amide bonds. The molecule has 2 aliphatic heterocycles. The van der Waals surface area contributed by atoms with Crippen molar-refractivity contribution in [2.45, 2.75) is 141 Å². The molecule has 274 valence electrons. The number of rotatable bonds is 20. The lowest BCUT2D eigenvalue weighted by Gasteiger charge is -2.44. The highest BCUT2D eigenvalue weighted by Crippen LogP contribution is 2.51. The van der Waals surface area contributed by atoms with Gasteiger partial charge in [-0.2, -0.15) is 0 Å². The van der Waals surface area contributed by atoms with Crippen LogP contribution in [0.3, 0.4) is 0 Å². The van der Waals surface area contributed by atoms with E-state index in [1.54, 1.807) is 32.1 Å². The third-order valence-corrected chi connectivity index (χ3v) is 9.27. The number of esters is 1. The molecule has 0 bridgehead atoms. The molecular formula is C38H56O11. The Hall–Kier alpha value is -3.54. The second kappa shape index (κ2) is 20.2. The molecule has 49 heavy (non-hydrogen) atoms. The number of carbonyl (C=O) groups is 4. The van der Waals surface area contributed by atoms with Crippen LogP contribution in [0.5, 0.6) is 0 Å². The number of carbonyl (C=O) groups excluding carboxylic acids is 1. The predicted molar refractivity (Wildman–Crippen MR) is 185 cm³/mol. The molecule has 11 heteroatoms. The summed E-state index contributed by atoms with van der Waals surface area (Å²) < 4.78 is 19.7. The maximum absolute atomic E-state index is 12.9. The lowest BCUT2D eigenvalue weighted by Crippen LogP contribution is -2.50. The van der Waals surface area contributed by atoms with Crippen molar-refractivity contribution in [1.82, 2.24) is 0 Å². The van der Waals surface area contributed by atoms with E-state index >= 15 is 0 Å². The Morgan fingerprint density at radius 1 is 0.898 bits per heavy atom. The molecule has 0 aromatic heterocycles. The van der Waals surface area contributed by atoms with Gasteiger partial charge >= 0.3 is 23.9 Å². The van der Waals surface area contributed by atoms with Gasteiger partial charge in [0, 0.05) is 30.9 Å². The van der Waals surface area contributed by atoms with Crippen LogP contribution in [0.15, 0.2) is 59.8 Å². The summed E-state index contributed by atoms with van der Waals surface area (Å²) in [5.74, 6) is -4.98. The zero-order valence-electron chi connectivity index (χ0n) is 29.6. The largest absolute Gasteiger partial charge is 0.481 e. The van der Waals surface area contributed by atoms with Gasteiger partial charge in [-0.15, -0.1) is 0 Å². The molecule has 2 saturated heterocycles. The highest BCUT2D eigenvalue weighted by molar-refractivity contribution is 5.81. The average molecular weight is 689 g/mol. The van der Waals surface area contributed by atoms with E-state index in [4.69, 9.17) is 24.4 Å². The summed E-state index contributed by atoms with van der Waals surface area (Å²) in [6.07, 6.45) is 17.3. The van der Waals surface area contributed by atoms with E-state index in [1.807, 2.05) is 19.1 Å². The van der Waals surface area contributed by atoms with Crippen LogP contribution < -0.4 is 0 Å². The molecule has 1 spiro atoms. The minimum Gasteiger partial charge on any atom is -0.481 e. The van der Waals surface area contributed by atoms with Crippen LogP contribution in [-0.2, 0) is 33.4 Å². The van der Waals surface area contributed by atoms with Gasteiger partial charge in [0.2, 0.25) is 0 Å². The molecule has 2 aliphatic rings. The summed E-state index contributed by atoms with van der Waals surface area (Å²) >= 11 is 0. The number of unbranched alkanes of at least 4 members (excludes halogenated alkanes) is 3. The third-order valence-electron chi connectivity index (χ3n) is 9.27. The molecule has 0 radical (unpaired) electrons. The van der Waals surface area contributed by atoms with Gasteiger partial charge in [-0.3, -0.25) is 9.59 Å². The summed E-state index contributed by atoms with van der Waals surface area (Å²) in [7, 11) is 0. The lowest BCUT2D eigenvalue weighted by molar-refractivity contribution is -0.308. The first-order valence-electron chi connectivity index (χ1n) is 17.4. The zero-order valence-corrected chi connectivity index (χ0v) is 29.6. The van der Waals surface area contributed by atoms with Gasteiger partial charge in [0.05, 0.1) is 25.0 Å². The molecule has 0 saturated carbocycles. The van der Waals surface area contributed by atoms with Crippen LogP contribution in [0.2, 0.25) is 0 Å². The van der Waals surface area contributed by atoms with Crippen LogP contribution >= 0.6 is 0 Å². The van der Waals surface area contributed by atoms with Crippen LogP contribution in [0, 0.1) is 11.8 Å². The van der Waals surface area contributed by atoms with Gasteiger partial charge in [0.1, 0.15) is 11.7 Å². The molecule has 7 atom stereocenters. The van der Waals surface area contributed by atoms with E-state index in [0.717, 1.165) is 49.8 Å². The minimum absolute atomic E-state index is 0.164. The Morgan fingerprint density at radius 3 is 2.27 bits per heavy atom. The van der Waals surface area contributed by atoms with Crippen molar-refractivity contribution >= 4 is 23.9 Å². The smallest absolute Gasteiger partial charge is 0.328 e. The third kappa shape index (κ3) is 14.5. The van der Waals surface area contributed by atoms with Crippen molar-refractivity contribution in [1.29, 1.82) is 0 Å². The highest BCUT2D eigenvalue weighted by atomic mass is 16.7. The minimum atomic E-state index is -1.11. The Balaban J connectivity index is 2.32. The maximum atomic E-state index is 12.9. The number of carboxylic acids is 3. The van der Waals surface area contributed by atoms with E-state index in [-0.39, 0.29) is 30.8 Å². The fraction of sp³-hybridized carbons (Fsp3) is 0.632. The van der Waals surface area contributed by atoms with E-state index < -0.39 is 47.5 Å². The highest BCUT2D eigenvalue weighted by Gasteiger charge is 2.56. The van der Waals surface area contributed by atoms with Crippen molar-refractivity contribution < 1.29 is 53.8 Å². The number of hydrogen-bond acceptors (Lipinski definition) is 8. The van der Waals surface area contributed by atoms with Crippen molar-refractivity contribution in [3.05, 3.63) is 59.8 Å². The molecule has 2 fully saturated rings. The van der Waals surface area contributed by atoms with Gasteiger partial charge in [0.25, 0.3) is 0 Å². The van der Waals surface area contributed by atoms with Gasteiger partial charge in [0.15, 0.2) is 5.79 Å². The van der Waals surface area contributed by atoms with E-state index in [9.17, 15) is 29.4 Å². The first-order valence-corrected chi connectivity index (χ1v) is 17.4. The summed E-state index contributed by atoms with van der Waals surface area (Å²) in [5, 5.41) is 37.6. The Kier molecular flexibility index (Phi) is 17.2. The van der Waals surface area contributed by atoms with Gasteiger partial charge < -0.3 is 34.6 Å². The second-order valence-electron chi connectivity index (χ2n) is 13.5. The number of aliphatic hydroxyl groups is 1. The van der Waals surface area contributed by atoms with Crippen molar-refractivity contribution in [3.8, 4) is 0 Å². The topological polar surface area (TPSA) is 177 Å².